The van der Waals surface area contributed by atoms with Crippen molar-refractivity contribution in [3.63, 3.8) is 0 Å². The Morgan fingerprint density at radius 1 is 0.968 bits per heavy atom. The maximum absolute atomic E-state index is 13.4. The second-order valence-corrected chi connectivity index (χ2v) is 7.89. The number of rotatable bonds is 4. The molecule has 3 aromatic rings. The van der Waals surface area contributed by atoms with Crippen molar-refractivity contribution in [1.29, 1.82) is 0 Å². The number of carboxylic acids is 1. The maximum atomic E-state index is 13.4. The topological polar surface area (TPSA) is 96.0 Å². The highest BCUT2D eigenvalue weighted by Crippen LogP contribution is 2.40. The second-order valence-electron chi connectivity index (χ2n) is 6.91. The average molecular weight is 430 g/mol. The van der Waals surface area contributed by atoms with E-state index in [0.29, 0.717) is 27.1 Å². The molecule has 0 atom stereocenters. The van der Waals surface area contributed by atoms with E-state index in [-0.39, 0.29) is 11.5 Å². The normalized spacial score (nSPS) is 16.6. The summed E-state index contributed by atoms with van der Waals surface area (Å²) in [4.78, 5) is 31.4. The average Bonchev–Trinajstić information content (AvgIpc) is 3.09. The molecule has 3 N–H and O–H groups in total. The Bertz CT molecular complexity index is 1240. The molecule has 31 heavy (non-hydrogen) atoms. The molecule has 1 aliphatic rings. The van der Waals surface area contributed by atoms with Crippen LogP contribution >= 0.6 is 11.8 Å². The molecule has 3 aromatic carbocycles. The molecule has 0 spiro atoms. The van der Waals surface area contributed by atoms with Crippen LogP contribution in [0.25, 0.3) is 5.57 Å². The summed E-state index contributed by atoms with van der Waals surface area (Å²) >= 11 is 1.26. The number of amides is 1. The first-order chi connectivity index (χ1) is 14.9. The van der Waals surface area contributed by atoms with Gasteiger partial charge < -0.3 is 10.8 Å². The zero-order chi connectivity index (χ0) is 22.0. The van der Waals surface area contributed by atoms with Crippen LogP contribution in [0.5, 0.6) is 0 Å². The molecule has 0 bridgehead atoms. The first kappa shape index (κ1) is 20.4. The summed E-state index contributed by atoms with van der Waals surface area (Å²) < 4.78 is 0. The third kappa shape index (κ3) is 4.22. The van der Waals surface area contributed by atoms with Crippen LogP contribution in [0, 0.1) is 0 Å². The molecular formula is C24H19N3O3S. The SMILES string of the molecule is C/C(=C1/SC(=Nc2cccc(C(=O)O)c2)N(c2ccccc2)C1=O)c1cccc(N)c1. The van der Waals surface area contributed by atoms with Crippen LogP contribution in [0.2, 0.25) is 0 Å². The van der Waals surface area contributed by atoms with Crippen molar-refractivity contribution in [2.45, 2.75) is 6.92 Å². The summed E-state index contributed by atoms with van der Waals surface area (Å²) in [6, 6.07) is 22.9. The van der Waals surface area contributed by atoms with Gasteiger partial charge in [-0.3, -0.25) is 9.69 Å². The van der Waals surface area contributed by atoms with Gasteiger partial charge in [-0.2, -0.15) is 0 Å². The van der Waals surface area contributed by atoms with Crippen LogP contribution in [0.1, 0.15) is 22.8 Å². The van der Waals surface area contributed by atoms with Crippen molar-refractivity contribution in [1.82, 2.24) is 0 Å². The van der Waals surface area contributed by atoms with Crippen LogP contribution in [-0.4, -0.2) is 22.2 Å². The van der Waals surface area contributed by atoms with Gasteiger partial charge in [-0.05, 0) is 72.3 Å². The number of aliphatic imine (C=N–C) groups is 1. The molecule has 0 aliphatic carbocycles. The fourth-order valence-electron chi connectivity index (χ4n) is 3.21. The van der Waals surface area contributed by atoms with Crippen LogP contribution in [-0.2, 0) is 4.79 Å². The first-order valence-electron chi connectivity index (χ1n) is 9.50. The van der Waals surface area contributed by atoms with Gasteiger partial charge in [0.2, 0.25) is 0 Å². The lowest BCUT2D eigenvalue weighted by Crippen LogP contribution is -2.28. The van der Waals surface area contributed by atoms with Gasteiger partial charge in [0.15, 0.2) is 5.17 Å². The molecule has 6 nitrogen and oxygen atoms in total. The molecular weight excluding hydrogens is 410 g/mol. The van der Waals surface area contributed by atoms with Gasteiger partial charge >= 0.3 is 5.97 Å². The summed E-state index contributed by atoms with van der Waals surface area (Å²) in [5.41, 5.74) is 9.47. The number of nitrogens with zero attached hydrogens (tertiary/aromatic N) is 2. The minimum absolute atomic E-state index is 0.133. The number of amidine groups is 1. The molecule has 1 fully saturated rings. The van der Waals surface area contributed by atoms with Gasteiger partial charge in [0, 0.05) is 5.69 Å². The van der Waals surface area contributed by atoms with Crippen LogP contribution in [0.4, 0.5) is 17.1 Å². The fourth-order valence-corrected chi connectivity index (χ4v) is 4.27. The molecule has 0 aromatic heterocycles. The molecule has 1 saturated heterocycles. The lowest BCUT2D eigenvalue weighted by atomic mass is 10.1. The molecule has 1 aliphatic heterocycles. The molecule has 4 rings (SSSR count). The molecule has 1 heterocycles. The predicted octanol–water partition coefficient (Wildman–Crippen LogP) is 5.17. The summed E-state index contributed by atoms with van der Waals surface area (Å²) in [5, 5.41) is 9.73. The van der Waals surface area contributed by atoms with Crippen LogP contribution in [0.3, 0.4) is 0 Å². The van der Waals surface area contributed by atoms with E-state index in [1.807, 2.05) is 55.5 Å². The summed E-state index contributed by atoms with van der Waals surface area (Å²) in [6.45, 7) is 1.88. The lowest BCUT2D eigenvalue weighted by Gasteiger charge is -2.15. The van der Waals surface area contributed by atoms with Crippen molar-refractivity contribution in [3.8, 4) is 0 Å². The minimum Gasteiger partial charge on any atom is -0.478 e. The number of allylic oxidation sites excluding steroid dienone is 1. The van der Waals surface area contributed by atoms with E-state index >= 15 is 0 Å². The van der Waals surface area contributed by atoms with Crippen molar-refractivity contribution < 1.29 is 14.7 Å². The zero-order valence-corrected chi connectivity index (χ0v) is 17.5. The van der Waals surface area contributed by atoms with Crippen LogP contribution < -0.4 is 10.6 Å². The highest BCUT2D eigenvalue weighted by Gasteiger charge is 2.36. The number of nitrogens with two attached hydrogens (primary N) is 1. The molecule has 1 amide bonds. The molecule has 0 radical (unpaired) electrons. The number of para-hydroxylation sites is 1. The number of nitrogen functional groups attached to an aromatic ring is 1. The number of carbonyl (C=O) groups is 2. The van der Waals surface area contributed by atoms with Gasteiger partial charge in [-0.25, -0.2) is 9.79 Å². The maximum Gasteiger partial charge on any atom is 0.335 e. The number of carbonyl (C=O) groups excluding carboxylic acids is 1. The largest absolute Gasteiger partial charge is 0.478 e. The van der Waals surface area contributed by atoms with Gasteiger partial charge in [0.05, 0.1) is 21.8 Å². The number of anilines is 2. The predicted molar refractivity (Wildman–Crippen MR) is 125 cm³/mol. The quantitative estimate of drug-likeness (QED) is 0.441. The van der Waals surface area contributed by atoms with Gasteiger partial charge in [0.1, 0.15) is 0 Å². The van der Waals surface area contributed by atoms with Gasteiger partial charge in [-0.15, -0.1) is 0 Å². The Morgan fingerprint density at radius 2 is 1.68 bits per heavy atom. The highest BCUT2D eigenvalue weighted by atomic mass is 32.2. The third-order valence-corrected chi connectivity index (χ3v) is 5.92. The van der Waals surface area contributed by atoms with Gasteiger partial charge in [-0.1, -0.05) is 36.4 Å². The second kappa shape index (κ2) is 8.49. The smallest absolute Gasteiger partial charge is 0.335 e. The first-order valence-corrected chi connectivity index (χ1v) is 10.3. The Morgan fingerprint density at radius 3 is 2.39 bits per heavy atom. The number of carboxylic acid groups (broad SMARTS) is 1. The number of hydrogen-bond acceptors (Lipinski definition) is 5. The summed E-state index contributed by atoms with van der Waals surface area (Å²) in [5.74, 6) is -1.22. The Hall–Kier alpha value is -3.84. The summed E-state index contributed by atoms with van der Waals surface area (Å²) in [7, 11) is 0. The standard InChI is InChI=1S/C24H19N3O3S/c1-15(16-7-5-9-18(25)13-16)21-22(28)27(20-11-3-2-4-12-20)24(31-21)26-19-10-6-8-17(14-19)23(29)30/h2-14H,25H2,1H3,(H,29,30)/b21-15-,26-24?. The van der Waals surface area contributed by atoms with Crippen LogP contribution in [0.15, 0.2) is 88.8 Å². The minimum atomic E-state index is -1.03. The number of hydrogen-bond donors (Lipinski definition) is 2. The Kier molecular flexibility index (Phi) is 5.60. The lowest BCUT2D eigenvalue weighted by molar-refractivity contribution is -0.113. The van der Waals surface area contributed by atoms with E-state index in [4.69, 9.17) is 5.73 Å². The monoisotopic (exact) mass is 429 g/mol. The zero-order valence-electron chi connectivity index (χ0n) is 16.6. The Labute approximate surface area is 183 Å². The summed E-state index contributed by atoms with van der Waals surface area (Å²) in [6.07, 6.45) is 0. The Balaban J connectivity index is 1.83. The number of aromatic carboxylic acids is 1. The van der Waals surface area contributed by atoms with Crippen molar-refractivity contribution in [3.05, 3.63) is 94.9 Å². The highest BCUT2D eigenvalue weighted by molar-refractivity contribution is 8.19. The number of thioether (sulfide) groups is 1. The molecule has 0 saturated carbocycles. The molecule has 154 valence electrons. The van der Waals surface area contributed by atoms with E-state index in [2.05, 4.69) is 4.99 Å². The van der Waals surface area contributed by atoms with E-state index in [9.17, 15) is 14.7 Å². The number of benzene rings is 3. The van der Waals surface area contributed by atoms with E-state index < -0.39 is 5.97 Å². The van der Waals surface area contributed by atoms with Gasteiger partial charge in [0.25, 0.3) is 5.91 Å². The van der Waals surface area contributed by atoms with Crippen molar-refractivity contribution in [2.75, 3.05) is 10.6 Å². The molecule has 0 unspecified atom stereocenters. The third-order valence-electron chi connectivity index (χ3n) is 4.77. The van der Waals surface area contributed by atoms with E-state index in [1.165, 1.54) is 23.9 Å². The fraction of sp³-hybridized carbons (Fsp3) is 0.0417. The van der Waals surface area contributed by atoms with Crippen molar-refractivity contribution in [2.24, 2.45) is 4.99 Å². The molecule has 7 heteroatoms. The van der Waals surface area contributed by atoms with E-state index in [1.54, 1.807) is 23.1 Å². The van der Waals surface area contributed by atoms with Crippen molar-refractivity contribution >= 4 is 51.4 Å². The van der Waals surface area contributed by atoms with E-state index in [0.717, 1.165) is 11.1 Å².